The highest BCUT2D eigenvalue weighted by Gasteiger charge is 2.30. The third-order valence-electron chi connectivity index (χ3n) is 4.26. The summed E-state index contributed by atoms with van der Waals surface area (Å²) in [4.78, 5) is 14.0. The van der Waals surface area contributed by atoms with Crippen LogP contribution in [0.15, 0.2) is 42.5 Å². The van der Waals surface area contributed by atoms with Crippen molar-refractivity contribution < 1.29 is 22.7 Å². The largest absolute Gasteiger partial charge is 0.370 e. The number of hydrogen-bond acceptors (Lipinski definition) is 3. The highest BCUT2D eigenvalue weighted by atomic mass is 19.3. The van der Waals surface area contributed by atoms with Crippen LogP contribution < -0.4 is 0 Å². The number of hydrogen-bond donors (Lipinski definition) is 0. The van der Waals surface area contributed by atoms with Gasteiger partial charge in [-0.2, -0.15) is 5.26 Å². The molecule has 0 saturated carbocycles. The zero-order valence-corrected chi connectivity index (χ0v) is 13.7. The number of benzene rings is 2. The number of alkyl halides is 2. The van der Waals surface area contributed by atoms with Gasteiger partial charge in [-0.25, -0.2) is 13.2 Å². The van der Waals surface area contributed by atoms with Crippen LogP contribution in [0.4, 0.5) is 13.2 Å². The molecule has 1 saturated heterocycles. The Morgan fingerprint density at radius 2 is 1.96 bits per heavy atom. The van der Waals surface area contributed by atoms with E-state index in [1.165, 1.54) is 4.90 Å². The quantitative estimate of drug-likeness (QED) is 0.835. The summed E-state index contributed by atoms with van der Waals surface area (Å²) in [7, 11) is 0. The van der Waals surface area contributed by atoms with Crippen LogP contribution in [0.5, 0.6) is 0 Å². The Hall–Kier alpha value is -2.85. The minimum atomic E-state index is -2.94. The van der Waals surface area contributed by atoms with E-state index in [1.54, 1.807) is 24.3 Å². The fourth-order valence-electron chi connectivity index (χ4n) is 2.91. The number of carbonyl (C=O) groups excluding carboxylic acids is 1. The first-order chi connectivity index (χ1) is 12.5. The van der Waals surface area contributed by atoms with Crippen LogP contribution in [0.25, 0.3) is 0 Å². The van der Waals surface area contributed by atoms with Gasteiger partial charge in [-0.15, -0.1) is 0 Å². The predicted octanol–water partition coefficient (Wildman–Crippen LogP) is 3.85. The van der Waals surface area contributed by atoms with Crippen LogP contribution >= 0.6 is 0 Å². The van der Waals surface area contributed by atoms with Crippen LogP contribution in [0.2, 0.25) is 0 Å². The van der Waals surface area contributed by atoms with Crippen LogP contribution in [0.1, 0.15) is 39.6 Å². The smallest absolute Gasteiger partial charge is 0.264 e. The molecule has 0 aliphatic carbocycles. The first-order valence-corrected chi connectivity index (χ1v) is 7.98. The molecule has 0 aromatic heterocycles. The Morgan fingerprint density at radius 3 is 2.62 bits per heavy atom. The topological polar surface area (TPSA) is 53.3 Å². The molecule has 1 aliphatic rings. The molecule has 1 atom stereocenters. The summed E-state index contributed by atoms with van der Waals surface area (Å²) >= 11 is 0. The molecule has 0 N–H and O–H groups in total. The molecule has 1 unspecified atom stereocenters. The predicted molar refractivity (Wildman–Crippen MR) is 87.1 cm³/mol. The molecule has 0 radical (unpaired) electrons. The lowest BCUT2D eigenvalue weighted by Gasteiger charge is -2.33. The molecule has 0 spiro atoms. The van der Waals surface area contributed by atoms with E-state index in [-0.39, 0.29) is 19.7 Å². The highest BCUT2D eigenvalue weighted by Crippen LogP contribution is 2.28. The molecule has 1 fully saturated rings. The van der Waals surface area contributed by atoms with E-state index in [0.717, 1.165) is 23.8 Å². The molecule has 2 aromatic carbocycles. The Labute approximate surface area is 148 Å². The molecule has 1 aliphatic heterocycles. The number of rotatable bonds is 3. The van der Waals surface area contributed by atoms with Crippen LogP contribution in [0.3, 0.4) is 0 Å². The van der Waals surface area contributed by atoms with Gasteiger partial charge in [-0.3, -0.25) is 4.79 Å². The maximum absolute atomic E-state index is 14.1. The molecular weight excluding hydrogens is 345 g/mol. The fourth-order valence-corrected chi connectivity index (χ4v) is 2.91. The lowest BCUT2D eigenvalue weighted by Crippen LogP contribution is -2.42. The molecule has 1 heterocycles. The van der Waals surface area contributed by atoms with Crippen LogP contribution in [-0.4, -0.2) is 30.5 Å². The highest BCUT2D eigenvalue weighted by molar-refractivity contribution is 5.96. The summed E-state index contributed by atoms with van der Waals surface area (Å²) in [5.41, 5.74) is 0.0360. The Bertz CT molecular complexity index is 847. The third-order valence-corrected chi connectivity index (χ3v) is 4.26. The lowest BCUT2D eigenvalue weighted by molar-refractivity contribution is -0.0231. The molecule has 1 amide bonds. The normalized spacial score (nSPS) is 17.2. The SMILES string of the molecule is N#Cc1ccc(C2CN(C(=O)c3c(F)cccc3C(F)F)CCO2)cc1. The number of nitriles is 1. The summed E-state index contributed by atoms with van der Waals surface area (Å²) in [5, 5.41) is 8.85. The Morgan fingerprint density at radius 1 is 1.23 bits per heavy atom. The zero-order chi connectivity index (χ0) is 18.7. The monoisotopic (exact) mass is 360 g/mol. The lowest BCUT2D eigenvalue weighted by atomic mass is 10.0. The van der Waals surface area contributed by atoms with Gasteiger partial charge in [0, 0.05) is 12.1 Å². The van der Waals surface area contributed by atoms with Crippen molar-refractivity contribution >= 4 is 5.91 Å². The zero-order valence-electron chi connectivity index (χ0n) is 13.7. The molecule has 134 valence electrons. The summed E-state index contributed by atoms with van der Waals surface area (Å²) in [6.07, 6.45) is -3.41. The number of carbonyl (C=O) groups is 1. The van der Waals surface area contributed by atoms with Crippen molar-refractivity contribution in [2.75, 3.05) is 19.7 Å². The van der Waals surface area contributed by atoms with E-state index < -0.39 is 35.4 Å². The molecule has 4 nitrogen and oxygen atoms in total. The molecule has 2 aromatic rings. The van der Waals surface area contributed by atoms with Crippen molar-refractivity contribution in [2.45, 2.75) is 12.5 Å². The van der Waals surface area contributed by atoms with Gasteiger partial charge in [0.2, 0.25) is 0 Å². The average molecular weight is 360 g/mol. The fraction of sp³-hybridized carbons (Fsp3) is 0.263. The van der Waals surface area contributed by atoms with Gasteiger partial charge in [0.15, 0.2) is 0 Å². The molecule has 3 rings (SSSR count). The van der Waals surface area contributed by atoms with E-state index in [0.29, 0.717) is 5.56 Å². The van der Waals surface area contributed by atoms with E-state index >= 15 is 0 Å². The van der Waals surface area contributed by atoms with Gasteiger partial charge in [-0.05, 0) is 23.8 Å². The number of morpholine rings is 1. The second kappa shape index (κ2) is 7.58. The summed E-state index contributed by atoms with van der Waals surface area (Å²) < 4.78 is 46.0. The third kappa shape index (κ3) is 3.55. The van der Waals surface area contributed by atoms with Gasteiger partial charge in [0.25, 0.3) is 12.3 Å². The molecule has 26 heavy (non-hydrogen) atoms. The Balaban J connectivity index is 1.84. The number of halogens is 3. The van der Waals surface area contributed by atoms with Crippen molar-refractivity contribution in [2.24, 2.45) is 0 Å². The average Bonchev–Trinajstić information content (AvgIpc) is 2.67. The number of amides is 1. The second-order valence-electron chi connectivity index (χ2n) is 5.85. The van der Waals surface area contributed by atoms with E-state index in [2.05, 4.69) is 0 Å². The van der Waals surface area contributed by atoms with Crippen LogP contribution in [0, 0.1) is 17.1 Å². The Kier molecular flexibility index (Phi) is 5.24. The first-order valence-electron chi connectivity index (χ1n) is 7.98. The standard InChI is InChI=1S/C19H15F3N2O2/c20-15-3-1-2-14(18(21)22)17(15)19(25)24-8-9-26-16(11-24)13-6-4-12(10-23)5-7-13/h1-7,16,18H,8-9,11H2. The van der Waals surface area contributed by atoms with Gasteiger partial charge < -0.3 is 9.64 Å². The summed E-state index contributed by atoms with van der Waals surface area (Å²) in [6, 6.07) is 11.9. The van der Waals surface area contributed by atoms with Gasteiger partial charge >= 0.3 is 0 Å². The molecule has 0 bridgehead atoms. The van der Waals surface area contributed by atoms with Gasteiger partial charge in [-0.1, -0.05) is 24.3 Å². The molecular formula is C19H15F3N2O2. The van der Waals surface area contributed by atoms with E-state index in [1.807, 2.05) is 6.07 Å². The van der Waals surface area contributed by atoms with E-state index in [9.17, 15) is 18.0 Å². The number of ether oxygens (including phenoxy) is 1. The van der Waals surface area contributed by atoms with E-state index in [4.69, 9.17) is 10.00 Å². The minimum absolute atomic E-state index is 0.113. The van der Waals surface area contributed by atoms with Crippen molar-refractivity contribution in [1.82, 2.24) is 4.90 Å². The summed E-state index contributed by atoms with van der Waals surface area (Å²) in [6.45, 7) is 0.499. The first kappa shape index (κ1) is 18.0. The van der Waals surface area contributed by atoms with Crippen molar-refractivity contribution in [3.05, 3.63) is 70.5 Å². The van der Waals surface area contributed by atoms with Crippen LogP contribution in [-0.2, 0) is 4.74 Å². The van der Waals surface area contributed by atoms with Crippen molar-refractivity contribution in [3.8, 4) is 6.07 Å². The second-order valence-corrected chi connectivity index (χ2v) is 5.85. The minimum Gasteiger partial charge on any atom is -0.370 e. The van der Waals surface area contributed by atoms with Crippen molar-refractivity contribution in [3.63, 3.8) is 0 Å². The van der Waals surface area contributed by atoms with Crippen molar-refractivity contribution in [1.29, 1.82) is 5.26 Å². The van der Waals surface area contributed by atoms with Gasteiger partial charge in [0.1, 0.15) is 11.9 Å². The van der Waals surface area contributed by atoms with Gasteiger partial charge in [0.05, 0.1) is 30.3 Å². The number of nitrogens with zero attached hydrogens (tertiary/aromatic N) is 2. The summed E-state index contributed by atoms with van der Waals surface area (Å²) in [5.74, 6) is -1.74. The maximum Gasteiger partial charge on any atom is 0.264 e. The molecule has 7 heteroatoms. The maximum atomic E-state index is 14.1.